The van der Waals surface area contributed by atoms with Crippen LogP contribution in [0.5, 0.6) is 0 Å². The number of hydrogen-bond acceptors (Lipinski definition) is 4. The molecule has 1 aromatic carbocycles. The summed E-state index contributed by atoms with van der Waals surface area (Å²) in [5.41, 5.74) is 2.00. The van der Waals surface area contributed by atoms with Crippen molar-refractivity contribution < 1.29 is 8.42 Å². The number of aromatic nitrogens is 3. The fourth-order valence-electron chi connectivity index (χ4n) is 2.10. The topological polar surface area (TPSA) is 64.8 Å². The summed E-state index contributed by atoms with van der Waals surface area (Å²) in [6.45, 7) is 4.32. The van der Waals surface area contributed by atoms with Gasteiger partial charge in [-0.15, -0.1) is 5.10 Å². The molecule has 0 radical (unpaired) electrons. The summed E-state index contributed by atoms with van der Waals surface area (Å²) in [4.78, 5) is 0. The SMILES string of the molecule is CC(C)Cc1ccc(CS(=O)(=O)c2cnnn2C)cc1. The van der Waals surface area contributed by atoms with Crippen molar-refractivity contribution in [3.05, 3.63) is 41.6 Å². The van der Waals surface area contributed by atoms with Crippen LogP contribution in [-0.4, -0.2) is 23.4 Å². The highest BCUT2D eigenvalue weighted by atomic mass is 32.2. The standard InChI is InChI=1S/C14H19N3O2S/c1-11(2)8-12-4-6-13(7-5-12)10-20(18,19)14-9-15-16-17(14)3/h4-7,9,11H,8,10H2,1-3H3. The summed E-state index contributed by atoms with van der Waals surface area (Å²) in [7, 11) is -1.82. The van der Waals surface area contributed by atoms with E-state index < -0.39 is 9.84 Å². The predicted octanol–water partition coefficient (Wildman–Crippen LogP) is 1.99. The Kier molecular flexibility index (Phi) is 4.23. The Morgan fingerprint density at radius 2 is 1.75 bits per heavy atom. The van der Waals surface area contributed by atoms with Gasteiger partial charge in [0.25, 0.3) is 0 Å². The number of hydrogen-bond donors (Lipinski definition) is 0. The Morgan fingerprint density at radius 3 is 2.25 bits per heavy atom. The third-order valence-corrected chi connectivity index (χ3v) is 4.74. The van der Waals surface area contributed by atoms with Gasteiger partial charge in [-0.2, -0.15) is 0 Å². The van der Waals surface area contributed by atoms with E-state index in [4.69, 9.17) is 0 Å². The van der Waals surface area contributed by atoms with Gasteiger partial charge < -0.3 is 0 Å². The van der Waals surface area contributed by atoms with Gasteiger partial charge in [-0.25, -0.2) is 13.1 Å². The van der Waals surface area contributed by atoms with Crippen molar-refractivity contribution in [1.29, 1.82) is 0 Å². The Balaban J connectivity index is 2.16. The van der Waals surface area contributed by atoms with Crippen LogP contribution in [0.4, 0.5) is 0 Å². The van der Waals surface area contributed by atoms with Gasteiger partial charge >= 0.3 is 0 Å². The first-order chi connectivity index (χ1) is 9.38. The highest BCUT2D eigenvalue weighted by molar-refractivity contribution is 7.90. The molecule has 0 bridgehead atoms. The molecule has 6 heteroatoms. The van der Waals surface area contributed by atoms with Crippen LogP contribution in [-0.2, 0) is 29.1 Å². The van der Waals surface area contributed by atoms with Crippen molar-refractivity contribution in [1.82, 2.24) is 15.0 Å². The maximum Gasteiger partial charge on any atom is 0.201 e. The van der Waals surface area contributed by atoms with Gasteiger partial charge in [0, 0.05) is 7.05 Å². The van der Waals surface area contributed by atoms with Crippen LogP contribution in [0, 0.1) is 5.92 Å². The minimum atomic E-state index is -3.40. The highest BCUT2D eigenvalue weighted by Crippen LogP contribution is 2.16. The van der Waals surface area contributed by atoms with E-state index in [0.29, 0.717) is 5.92 Å². The quantitative estimate of drug-likeness (QED) is 0.845. The van der Waals surface area contributed by atoms with Gasteiger partial charge in [-0.05, 0) is 23.5 Å². The second-order valence-corrected chi connectivity index (χ2v) is 7.31. The summed E-state index contributed by atoms with van der Waals surface area (Å²) in [5, 5.41) is 7.41. The molecule has 0 aliphatic heterocycles. The number of benzene rings is 1. The minimum absolute atomic E-state index is 0.0316. The molecule has 0 amide bonds. The molecule has 0 aliphatic carbocycles. The molecular weight excluding hydrogens is 274 g/mol. The van der Waals surface area contributed by atoms with E-state index in [1.54, 1.807) is 7.05 Å². The van der Waals surface area contributed by atoms with Crippen LogP contribution >= 0.6 is 0 Å². The molecule has 0 saturated carbocycles. The van der Waals surface area contributed by atoms with Crippen LogP contribution in [0.2, 0.25) is 0 Å². The summed E-state index contributed by atoms with van der Waals surface area (Å²) in [6.07, 6.45) is 2.28. The fraction of sp³-hybridized carbons (Fsp3) is 0.429. The van der Waals surface area contributed by atoms with Gasteiger partial charge in [0.05, 0.1) is 11.9 Å². The highest BCUT2D eigenvalue weighted by Gasteiger charge is 2.19. The summed E-state index contributed by atoms with van der Waals surface area (Å²) >= 11 is 0. The first-order valence-corrected chi connectivity index (χ1v) is 8.19. The lowest BCUT2D eigenvalue weighted by Gasteiger charge is -2.07. The van der Waals surface area contributed by atoms with Crippen LogP contribution in [0.1, 0.15) is 25.0 Å². The first kappa shape index (κ1) is 14.7. The summed E-state index contributed by atoms with van der Waals surface area (Å²) < 4.78 is 25.8. The molecule has 0 aliphatic rings. The number of sulfone groups is 1. The van der Waals surface area contributed by atoms with E-state index in [9.17, 15) is 8.42 Å². The molecule has 2 rings (SSSR count). The van der Waals surface area contributed by atoms with Gasteiger partial charge in [-0.1, -0.05) is 43.3 Å². The van der Waals surface area contributed by atoms with Crippen molar-refractivity contribution >= 4 is 9.84 Å². The molecule has 0 N–H and O–H groups in total. The number of rotatable bonds is 5. The Morgan fingerprint density at radius 1 is 1.15 bits per heavy atom. The first-order valence-electron chi connectivity index (χ1n) is 6.54. The zero-order chi connectivity index (χ0) is 14.8. The molecule has 0 spiro atoms. The molecule has 0 fully saturated rings. The fourth-order valence-corrected chi connectivity index (χ4v) is 3.52. The number of nitrogens with zero attached hydrogens (tertiary/aromatic N) is 3. The molecule has 1 aromatic heterocycles. The Bertz CT molecular complexity index is 673. The molecular formula is C14H19N3O2S. The lowest BCUT2D eigenvalue weighted by atomic mass is 10.0. The Hall–Kier alpha value is -1.69. The lowest BCUT2D eigenvalue weighted by Crippen LogP contribution is -2.10. The molecule has 1 heterocycles. The molecule has 0 unspecified atom stereocenters. The zero-order valence-electron chi connectivity index (χ0n) is 11.9. The molecule has 2 aromatic rings. The van der Waals surface area contributed by atoms with Crippen molar-refractivity contribution in [2.75, 3.05) is 0 Å². The van der Waals surface area contributed by atoms with Gasteiger partial charge in [0.15, 0.2) is 5.03 Å². The van der Waals surface area contributed by atoms with Crippen LogP contribution in [0.3, 0.4) is 0 Å². The second-order valence-electron chi connectivity index (χ2n) is 5.37. The monoisotopic (exact) mass is 293 g/mol. The van der Waals surface area contributed by atoms with Crippen molar-refractivity contribution in [2.45, 2.75) is 31.0 Å². The smallest absolute Gasteiger partial charge is 0.201 e. The minimum Gasteiger partial charge on any atom is -0.237 e. The average Bonchev–Trinajstić information content (AvgIpc) is 2.78. The molecule has 20 heavy (non-hydrogen) atoms. The van der Waals surface area contributed by atoms with Crippen LogP contribution < -0.4 is 0 Å². The maximum atomic E-state index is 12.2. The normalized spacial score (nSPS) is 12.0. The van der Waals surface area contributed by atoms with Crippen molar-refractivity contribution in [3.63, 3.8) is 0 Å². The van der Waals surface area contributed by atoms with E-state index in [1.165, 1.54) is 16.4 Å². The third kappa shape index (κ3) is 3.45. The van der Waals surface area contributed by atoms with Gasteiger partial charge in [0.1, 0.15) is 0 Å². The Labute approximate surface area is 119 Å². The van der Waals surface area contributed by atoms with E-state index in [2.05, 4.69) is 24.2 Å². The maximum absolute atomic E-state index is 12.2. The van der Waals surface area contributed by atoms with Gasteiger partial charge in [0.2, 0.25) is 9.84 Å². The summed E-state index contributed by atoms with van der Waals surface area (Å²) in [5.74, 6) is 0.556. The molecule has 108 valence electrons. The lowest BCUT2D eigenvalue weighted by molar-refractivity contribution is 0.573. The predicted molar refractivity (Wildman–Crippen MR) is 76.9 cm³/mol. The third-order valence-electron chi connectivity index (χ3n) is 3.02. The largest absolute Gasteiger partial charge is 0.237 e. The van der Waals surface area contributed by atoms with Crippen molar-refractivity contribution in [3.8, 4) is 0 Å². The second kappa shape index (κ2) is 5.75. The molecule has 0 atom stereocenters. The van der Waals surface area contributed by atoms with E-state index in [1.807, 2.05) is 24.3 Å². The van der Waals surface area contributed by atoms with Gasteiger partial charge in [-0.3, -0.25) is 0 Å². The average molecular weight is 293 g/mol. The van der Waals surface area contributed by atoms with E-state index in [-0.39, 0.29) is 10.8 Å². The molecule has 0 saturated heterocycles. The van der Waals surface area contributed by atoms with Crippen LogP contribution in [0.25, 0.3) is 0 Å². The van der Waals surface area contributed by atoms with Crippen LogP contribution in [0.15, 0.2) is 35.5 Å². The van der Waals surface area contributed by atoms with Crippen molar-refractivity contribution in [2.24, 2.45) is 13.0 Å². The molecule has 5 nitrogen and oxygen atoms in total. The number of aryl methyl sites for hydroxylation is 1. The van der Waals surface area contributed by atoms with E-state index >= 15 is 0 Å². The summed E-state index contributed by atoms with van der Waals surface area (Å²) in [6, 6.07) is 7.73. The van der Waals surface area contributed by atoms with E-state index in [0.717, 1.165) is 12.0 Å². The zero-order valence-corrected chi connectivity index (χ0v) is 12.8.